The summed E-state index contributed by atoms with van der Waals surface area (Å²) in [5.74, 6) is 1.46. The summed E-state index contributed by atoms with van der Waals surface area (Å²) in [6.45, 7) is 9.68. The number of aryl methyl sites for hydroxylation is 1. The quantitative estimate of drug-likeness (QED) is 0.763. The fraction of sp³-hybridized carbons (Fsp3) is 0.526. The largest absolute Gasteiger partial charge is 0.385 e. The Kier molecular flexibility index (Phi) is 6.22. The molecule has 0 amide bonds. The van der Waals surface area contributed by atoms with Crippen molar-refractivity contribution < 1.29 is 4.74 Å². The molecule has 0 atom stereocenters. The first-order valence-corrected chi connectivity index (χ1v) is 9.17. The lowest BCUT2D eigenvalue weighted by Gasteiger charge is -2.37. The van der Waals surface area contributed by atoms with Crippen LogP contribution in [0.2, 0.25) is 0 Å². The van der Waals surface area contributed by atoms with E-state index in [2.05, 4.69) is 62.3 Å². The highest BCUT2D eigenvalue weighted by Gasteiger charge is 2.20. The number of anilines is 3. The first kappa shape index (κ1) is 18.4. The highest BCUT2D eigenvalue weighted by atomic mass is 16.5. The number of nitrogens with one attached hydrogen (secondary N) is 1. The van der Waals surface area contributed by atoms with Gasteiger partial charge in [0.05, 0.1) is 6.20 Å². The predicted molar refractivity (Wildman–Crippen MR) is 105 cm³/mol. The number of nitrogens with zero attached hydrogens (tertiary/aromatic N) is 5. The van der Waals surface area contributed by atoms with Gasteiger partial charge < -0.3 is 19.9 Å². The Labute approximate surface area is 155 Å². The van der Waals surface area contributed by atoms with Crippen LogP contribution >= 0.6 is 0 Å². The van der Waals surface area contributed by atoms with Gasteiger partial charge in [-0.05, 0) is 37.5 Å². The van der Waals surface area contributed by atoms with Gasteiger partial charge in [-0.15, -0.1) is 5.10 Å². The zero-order valence-electron chi connectivity index (χ0n) is 15.9. The van der Waals surface area contributed by atoms with Crippen LogP contribution < -0.4 is 15.1 Å². The molecule has 0 bridgehead atoms. The molecular formula is C19H28N6O. The summed E-state index contributed by atoms with van der Waals surface area (Å²) < 4.78 is 5.05. The molecule has 1 aromatic heterocycles. The average molecular weight is 356 g/mol. The summed E-state index contributed by atoms with van der Waals surface area (Å²) in [4.78, 5) is 9.34. The minimum atomic E-state index is 0.579. The van der Waals surface area contributed by atoms with E-state index in [1.807, 2.05) is 0 Å². The molecule has 26 heavy (non-hydrogen) atoms. The molecule has 1 N–H and O–H groups in total. The molecule has 3 rings (SSSR count). The van der Waals surface area contributed by atoms with Gasteiger partial charge in [0.25, 0.3) is 0 Å². The van der Waals surface area contributed by atoms with E-state index < -0.39 is 0 Å². The van der Waals surface area contributed by atoms with Crippen molar-refractivity contribution in [1.29, 1.82) is 0 Å². The molecule has 0 spiro atoms. The van der Waals surface area contributed by atoms with Crippen LogP contribution in [0.5, 0.6) is 0 Å². The predicted octanol–water partition coefficient (Wildman–Crippen LogP) is 2.26. The van der Waals surface area contributed by atoms with Crippen LogP contribution in [0.4, 0.5) is 17.5 Å². The van der Waals surface area contributed by atoms with Crippen LogP contribution in [-0.4, -0.2) is 61.6 Å². The van der Waals surface area contributed by atoms with Gasteiger partial charge in [-0.25, -0.2) is 0 Å². The van der Waals surface area contributed by atoms with Gasteiger partial charge in [0.15, 0.2) is 5.82 Å². The van der Waals surface area contributed by atoms with Gasteiger partial charge in [0.1, 0.15) is 0 Å². The summed E-state index contributed by atoms with van der Waals surface area (Å²) in [7, 11) is 1.70. The van der Waals surface area contributed by atoms with E-state index in [1.54, 1.807) is 13.3 Å². The number of ether oxygens (including phenoxy) is 1. The molecule has 0 saturated carbocycles. The number of piperazine rings is 1. The van der Waals surface area contributed by atoms with Crippen LogP contribution in [0.15, 0.2) is 24.4 Å². The zero-order chi connectivity index (χ0) is 18.4. The molecule has 0 unspecified atom stereocenters. The second-order valence-corrected chi connectivity index (χ2v) is 6.60. The number of rotatable bonds is 7. The number of hydrogen-bond donors (Lipinski definition) is 1. The molecule has 1 saturated heterocycles. The van der Waals surface area contributed by atoms with E-state index in [0.717, 1.165) is 51.6 Å². The van der Waals surface area contributed by atoms with Crippen LogP contribution in [0, 0.1) is 13.8 Å². The number of benzene rings is 1. The second-order valence-electron chi connectivity index (χ2n) is 6.60. The maximum atomic E-state index is 5.05. The van der Waals surface area contributed by atoms with Gasteiger partial charge in [-0.2, -0.15) is 10.1 Å². The molecule has 0 radical (unpaired) electrons. The Morgan fingerprint density at radius 1 is 1.12 bits per heavy atom. The van der Waals surface area contributed by atoms with Crippen molar-refractivity contribution in [2.45, 2.75) is 20.3 Å². The number of methoxy groups -OCH3 is 1. The van der Waals surface area contributed by atoms with Crippen molar-refractivity contribution in [3.63, 3.8) is 0 Å². The third kappa shape index (κ3) is 4.40. The van der Waals surface area contributed by atoms with E-state index in [9.17, 15) is 0 Å². The molecule has 1 aliphatic heterocycles. The lowest BCUT2D eigenvalue weighted by molar-refractivity contribution is 0.197. The molecule has 1 fully saturated rings. The fourth-order valence-corrected chi connectivity index (χ4v) is 3.19. The molecule has 7 heteroatoms. The van der Waals surface area contributed by atoms with Gasteiger partial charge in [0.2, 0.25) is 5.95 Å². The fourth-order valence-electron chi connectivity index (χ4n) is 3.19. The smallest absolute Gasteiger partial charge is 0.244 e. The van der Waals surface area contributed by atoms with Crippen LogP contribution in [0.25, 0.3) is 0 Å². The molecule has 1 aliphatic rings. The lowest BCUT2D eigenvalue weighted by atomic mass is 10.1. The number of aromatic nitrogens is 3. The van der Waals surface area contributed by atoms with Crippen molar-refractivity contribution in [1.82, 2.24) is 15.2 Å². The minimum Gasteiger partial charge on any atom is -0.385 e. The van der Waals surface area contributed by atoms with E-state index in [0.29, 0.717) is 5.95 Å². The third-order valence-corrected chi connectivity index (χ3v) is 4.87. The Morgan fingerprint density at radius 3 is 2.65 bits per heavy atom. The van der Waals surface area contributed by atoms with Gasteiger partial charge in [-0.1, -0.05) is 12.1 Å². The topological polar surface area (TPSA) is 66.4 Å². The summed E-state index contributed by atoms with van der Waals surface area (Å²) in [6, 6.07) is 6.52. The minimum absolute atomic E-state index is 0.579. The van der Waals surface area contributed by atoms with E-state index in [4.69, 9.17) is 4.74 Å². The van der Waals surface area contributed by atoms with E-state index in [1.165, 1.54) is 16.8 Å². The van der Waals surface area contributed by atoms with Crippen molar-refractivity contribution in [3.8, 4) is 0 Å². The molecule has 2 heterocycles. The van der Waals surface area contributed by atoms with E-state index >= 15 is 0 Å². The van der Waals surface area contributed by atoms with Crippen molar-refractivity contribution >= 4 is 17.5 Å². The van der Waals surface area contributed by atoms with Crippen LogP contribution in [0.3, 0.4) is 0 Å². The van der Waals surface area contributed by atoms with Gasteiger partial charge in [-0.3, -0.25) is 0 Å². The van der Waals surface area contributed by atoms with Gasteiger partial charge in [0, 0.05) is 52.1 Å². The Hall–Kier alpha value is -2.41. The Balaban J connectivity index is 1.58. The molecule has 140 valence electrons. The molecule has 2 aromatic rings. The normalized spacial score (nSPS) is 14.6. The zero-order valence-corrected chi connectivity index (χ0v) is 15.9. The summed E-state index contributed by atoms with van der Waals surface area (Å²) >= 11 is 0. The Morgan fingerprint density at radius 2 is 1.88 bits per heavy atom. The summed E-state index contributed by atoms with van der Waals surface area (Å²) in [5, 5.41) is 11.4. The molecule has 7 nitrogen and oxygen atoms in total. The van der Waals surface area contributed by atoms with Crippen molar-refractivity contribution in [3.05, 3.63) is 35.5 Å². The Bertz CT molecular complexity index is 715. The average Bonchev–Trinajstić information content (AvgIpc) is 2.68. The molecule has 0 aliphatic carbocycles. The lowest BCUT2D eigenvalue weighted by Crippen LogP contribution is -2.47. The van der Waals surface area contributed by atoms with E-state index in [-0.39, 0.29) is 0 Å². The second kappa shape index (κ2) is 8.80. The maximum Gasteiger partial charge on any atom is 0.244 e. The van der Waals surface area contributed by atoms with Gasteiger partial charge >= 0.3 is 0 Å². The SMILES string of the molecule is COCCCNc1nncc(N2CCN(c3cccc(C)c3C)CC2)n1. The third-order valence-electron chi connectivity index (χ3n) is 4.87. The number of hydrogen-bond acceptors (Lipinski definition) is 7. The summed E-state index contributed by atoms with van der Waals surface area (Å²) in [6.07, 6.45) is 2.66. The highest BCUT2D eigenvalue weighted by Crippen LogP contribution is 2.24. The summed E-state index contributed by atoms with van der Waals surface area (Å²) in [5.41, 5.74) is 4.05. The first-order chi connectivity index (χ1) is 12.7. The van der Waals surface area contributed by atoms with Crippen molar-refractivity contribution in [2.24, 2.45) is 0 Å². The molecular weight excluding hydrogens is 328 g/mol. The highest BCUT2D eigenvalue weighted by molar-refractivity contribution is 5.57. The standard InChI is InChI=1S/C19H28N6O/c1-15-6-4-7-17(16(15)2)24-9-11-25(12-10-24)18-14-21-23-19(22-18)20-8-5-13-26-3/h4,6-7,14H,5,8-13H2,1-3H3,(H,20,22,23). The maximum absolute atomic E-state index is 5.05. The van der Waals surface area contributed by atoms with Crippen LogP contribution in [0.1, 0.15) is 17.5 Å². The monoisotopic (exact) mass is 356 g/mol. The van der Waals surface area contributed by atoms with Crippen LogP contribution in [-0.2, 0) is 4.74 Å². The molecule has 1 aromatic carbocycles. The van der Waals surface area contributed by atoms with Crippen molar-refractivity contribution in [2.75, 3.05) is 61.6 Å². The first-order valence-electron chi connectivity index (χ1n) is 9.17.